The molecule has 0 N–H and O–H groups in total. The standard InChI is InChI=1S/C7H12BrCl/c8-6-4-2-1-3-5-7-9/h2,4H,1,3,5-7H2. The van der Waals surface area contributed by atoms with Gasteiger partial charge in [0.1, 0.15) is 0 Å². The zero-order valence-corrected chi connectivity index (χ0v) is 7.79. The summed E-state index contributed by atoms with van der Waals surface area (Å²) in [6.45, 7) is 0. The number of alkyl halides is 2. The van der Waals surface area contributed by atoms with Crippen LogP contribution in [-0.4, -0.2) is 11.2 Å². The van der Waals surface area contributed by atoms with Crippen LogP contribution in [0.2, 0.25) is 0 Å². The summed E-state index contributed by atoms with van der Waals surface area (Å²) >= 11 is 8.79. The molecule has 0 spiro atoms. The van der Waals surface area contributed by atoms with Crippen molar-refractivity contribution in [2.75, 3.05) is 11.2 Å². The molecular weight excluding hydrogens is 199 g/mol. The predicted octanol–water partition coefficient (Wildman–Crippen LogP) is 3.35. The minimum atomic E-state index is 0.794. The Kier molecular flexibility index (Phi) is 8.99. The quantitative estimate of drug-likeness (QED) is 0.372. The molecule has 0 bridgehead atoms. The molecule has 0 fully saturated rings. The molecule has 0 saturated heterocycles. The van der Waals surface area contributed by atoms with E-state index in [4.69, 9.17) is 11.6 Å². The van der Waals surface area contributed by atoms with Crippen molar-refractivity contribution in [2.24, 2.45) is 0 Å². The van der Waals surface area contributed by atoms with Crippen molar-refractivity contribution in [3.63, 3.8) is 0 Å². The topological polar surface area (TPSA) is 0 Å². The van der Waals surface area contributed by atoms with Gasteiger partial charge in [-0.2, -0.15) is 0 Å². The molecule has 0 rings (SSSR count). The molecule has 0 amide bonds. The third-order valence-corrected chi connectivity index (χ3v) is 1.65. The average molecular weight is 212 g/mol. The number of halogens is 2. The number of unbranched alkanes of at least 4 members (excludes halogenated alkanes) is 2. The SMILES string of the molecule is ClCCCCC=CCBr. The molecule has 0 aliphatic carbocycles. The van der Waals surface area contributed by atoms with Crippen LogP contribution in [0.3, 0.4) is 0 Å². The first kappa shape index (κ1) is 9.51. The lowest BCUT2D eigenvalue weighted by Gasteiger charge is -1.88. The number of rotatable bonds is 5. The first-order valence-electron chi connectivity index (χ1n) is 3.18. The molecule has 0 aliphatic rings. The Bertz CT molecular complexity index is 71.3. The third kappa shape index (κ3) is 8.51. The van der Waals surface area contributed by atoms with E-state index in [0.29, 0.717) is 0 Å². The lowest BCUT2D eigenvalue weighted by molar-refractivity contribution is 0.819. The molecule has 54 valence electrons. The molecule has 2 heteroatoms. The van der Waals surface area contributed by atoms with Crippen LogP contribution in [0.5, 0.6) is 0 Å². The van der Waals surface area contributed by atoms with Crippen LogP contribution in [0.25, 0.3) is 0 Å². The van der Waals surface area contributed by atoms with Crippen LogP contribution in [0.4, 0.5) is 0 Å². The molecule has 0 saturated carbocycles. The van der Waals surface area contributed by atoms with Gasteiger partial charge in [0.15, 0.2) is 0 Å². The van der Waals surface area contributed by atoms with E-state index in [-0.39, 0.29) is 0 Å². The molecule has 0 atom stereocenters. The molecule has 0 aromatic carbocycles. The zero-order valence-electron chi connectivity index (χ0n) is 5.45. The maximum absolute atomic E-state index is 5.48. The van der Waals surface area contributed by atoms with E-state index in [1.165, 1.54) is 12.8 Å². The zero-order chi connectivity index (χ0) is 6.95. The Morgan fingerprint density at radius 1 is 1.22 bits per heavy atom. The van der Waals surface area contributed by atoms with E-state index < -0.39 is 0 Å². The summed E-state index contributed by atoms with van der Waals surface area (Å²) in [6.07, 6.45) is 7.81. The second-order valence-electron chi connectivity index (χ2n) is 1.81. The Labute approximate surface area is 70.4 Å². The van der Waals surface area contributed by atoms with Gasteiger partial charge in [0.05, 0.1) is 0 Å². The Morgan fingerprint density at radius 2 is 2.00 bits per heavy atom. The highest BCUT2D eigenvalue weighted by Crippen LogP contribution is 1.98. The van der Waals surface area contributed by atoms with Crippen LogP contribution in [0, 0.1) is 0 Å². The maximum Gasteiger partial charge on any atom is 0.0223 e. The van der Waals surface area contributed by atoms with E-state index in [1.54, 1.807) is 0 Å². The molecule has 0 unspecified atom stereocenters. The Hall–Kier alpha value is 0.510. The van der Waals surface area contributed by atoms with Crippen LogP contribution in [-0.2, 0) is 0 Å². The van der Waals surface area contributed by atoms with Gasteiger partial charge in [-0.25, -0.2) is 0 Å². The van der Waals surface area contributed by atoms with E-state index in [9.17, 15) is 0 Å². The van der Waals surface area contributed by atoms with Gasteiger partial charge in [-0.15, -0.1) is 11.6 Å². The van der Waals surface area contributed by atoms with E-state index in [1.807, 2.05) is 0 Å². The fraction of sp³-hybridized carbons (Fsp3) is 0.714. The predicted molar refractivity (Wildman–Crippen MR) is 47.5 cm³/mol. The molecule has 0 heterocycles. The summed E-state index contributed by atoms with van der Waals surface area (Å²) in [5.41, 5.74) is 0. The van der Waals surface area contributed by atoms with Crippen molar-refractivity contribution in [2.45, 2.75) is 19.3 Å². The Morgan fingerprint density at radius 3 is 2.56 bits per heavy atom. The van der Waals surface area contributed by atoms with Crippen LogP contribution in [0.1, 0.15) is 19.3 Å². The van der Waals surface area contributed by atoms with E-state index in [0.717, 1.165) is 17.6 Å². The smallest absolute Gasteiger partial charge is 0.0223 e. The summed E-state index contributed by atoms with van der Waals surface area (Å²) in [6, 6.07) is 0. The van der Waals surface area contributed by atoms with Gasteiger partial charge in [0.2, 0.25) is 0 Å². The Balaban J connectivity index is 2.82. The second-order valence-corrected chi connectivity index (χ2v) is 2.84. The van der Waals surface area contributed by atoms with Crippen LogP contribution in [0.15, 0.2) is 12.2 Å². The molecule has 9 heavy (non-hydrogen) atoms. The van der Waals surface area contributed by atoms with E-state index >= 15 is 0 Å². The molecule has 0 aromatic heterocycles. The van der Waals surface area contributed by atoms with Crippen molar-refractivity contribution in [3.05, 3.63) is 12.2 Å². The average Bonchev–Trinajstić information content (AvgIpc) is 1.89. The van der Waals surface area contributed by atoms with Crippen molar-refractivity contribution >= 4 is 27.5 Å². The van der Waals surface area contributed by atoms with Crippen LogP contribution < -0.4 is 0 Å². The highest BCUT2D eigenvalue weighted by Gasteiger charge is 1.80. The van der Waals surface area contributed by atoms with Crippen molar-refractivity contribution in [3.8, 4) is 0 Å². The first-order valence-corrected chi connectivity index (χ1v) is 4.84. The highest BCUT2D eigenvalue weighted by atomic mass is 79.9. The highest BCUT2D eigenvalue weighted by molar-refractivity contribution is 9.09. The maximum atomic E-state index is 5.48. The van der Waals surface area contributed by atoms with E-state index in [2.05, 4.69) is 28.1 Å². The largest absolute Gasteiger partial charge is 0.127 e. The minimum Gasteiger partial charge on any atom is -0.127 e. The summed E-state index contributed by atoms with van der Waals surface area (Å²) in [5.74, 6) is 0.794. The van der Waals surface area contributed by atoms with Gasteiger partial charge >= 0.3 is 0 Å². The van der Waals surface area contributed by atoms with Crippen molar-refractivity contribution in [1.82, 2.24) is 0 Å². The third-order valence-electron chi connectivity index (χ3n) is 1.01. The minimum absolute atomic E-state index is 0.794. The monoisotopic (exact) mass is 210 g/mol. The normalized spacial score (nSPS) is 10.9. The van der Waals surface area contributed by atoms with Crippen molar-refractivity contribution in [1.29, 1.82) is 0 Å². The number of hydrogen-bond donors (Lipinski definition) is 0. The van der Waals surface area contributed by atoms with Crippen LogP contribution >= 0.6 is 27.5 Å². The fourth-order valence-electron chi connectivity index (χ4n) is 0.538. The van der Waals surface area contributed by atoms with Gasteiger partial charge in [-0.3, -0.25) is 0 Å². The summed E-state index contributed by atoms with van der Waals surface area (Å²) in [5, 5.41) is 0.966. The van der Waals surface area contributed by atoms with Gasteiger partial charge in [0.25, 0.3) is 0 Å². The molecule has 0 aromatic rings. The molecule has 0 aliphatic heterocycles. The van der Waals surface area contributed by atoms with Gasteiger partial charge in [-0.1, -0.05) is 28.1 Å². The molecular formula is C7H12BrCl. The van der Waals surface area contributed by atoms with Gasteiger partial charge < -0.3 is 0 Å². The van der Waals surface area contributed by atoms with Gasteiger partial charge in [0, 0.05) is 11.2 Å². The summed E-state index contributed by atoms with van der Waals surface area (Å²) in [4.78, 5) is 0. The molecule has 0 radical (unpaired) electrons. The summed E-state index contributed by atoms with van der Waals surface area (Å²) in [7, 11) is 0. The number of hydrogen-bond acceptors (Lipinski definition) is 0. The first-order chi connectivity index (χ1) is 4.41. The lowest BCUT2D eigenvalue weighted by Crippen LogP contribution is -1.73. The molecule has 0 nitrogen and oxygen atoms in total. The summed E-state index contributed by atoms with van der Waals surface area (Å²) < 4.78 is 0. The second kappa shape index (κ2) is 8.51. The van der Waals surface area contributed by atoms with Gasteiger partial charge in [-0.05, 0) is 19.3 Å². The number of allylic oxidation sites excluding steroid dienone is 2. The fourth-order valence-corrected chi connectivity index (χ4v) is 0.991. The van der Waals surface area contributed by atoms with Crippen molar-refractivity contribution < 1.29 is 0 Å². The lowest BCUT2D eigenvalue weighted by atomic mass is 10.2.